The van der Waals surface area contributed by atoms with Gasteiger partial charge in [-0.15, -0.1) is 0 Å². The maximum absolute atomic E-state index is 10.3. The lowest BCUT2D eigenvalue weighted by molar-refractivity contribution is -0.138. The van der Waals surface area contributed by atoms with E-state index in [0.717, 1.165) is 0 Å². The van der Waals surface area contributed by atoms with Crippen molar-refractivity contribution >= 4 is 5.97 Å². The molecule has 0 aromatic carbocycles. The van der Waals surface area contributed by atoms with Crippen LogP contribution in [0.2, 0.25) is 0 Å². The summed E-state index contributed by atoms with van der Waals surface area (Å²) in [6, 6.07) is 0.165. The van der Waals surface area contributed by atoms with Crippen molar-refractivity contribution < 1.29 is 15.0 Å². The second-order valence-electron chi connectivity index (χ2n) is 2.68. The third-order valence-electron chi connectivity index (χ3n) is 1.46. The van der Waals surface area contributed by atoms with Crippen molar-refractivity contribution in [2.75, 3.05) is 19.7 Å². The molecular weight excluding hydrogens is 146 g/mol. The van der Waals surface area contributed by atoms with Crippen molar-refractivity contribution in [1.29, 1.82) is 0 Å². The summed E-state index contributed by atoms with van der Waals surface area (Å²) in [5.41, 5.74) is 0. The number of carbonyl (C=O) groups is 1. The summed E-state index contributed by atoms with van der Waals surface area (Å²) in [5, 5.41) is 17.0. The maximum Gasteiger partial charge on any atom is 0.317 e. The molecule has 0 aliphatic rings. The summed E-state index contributed by atoms with van der Waals surface area (Å²) in [5.74, 6) is -0.854. The highest BCUT2D eigenvalue weighted by Gasteiger charge is 2.11. The highest BCUT2D eigenvalue weighted by molar-refractivity contribution is 5.69. The molecule has 0 unspecified atom stereocenters. The Kier molecular flexibility index (Phi) is 4.81. The molecule has 0 aromatic heterocycles. The molecule has 0 spiro atoms. The topological polar surface area (TPSA) is 60.8 Å². The number of rotatable bonds is 5. The Morgan fingerprint density at radius 1 is 1.55 bits per heavy atom. The van der Waals surface area contributed by atoms with Crippen LogP contribution in [0.3, 0.4) is 0 Å². The number of aliphatic hydroxyl groups is 1. The SMILES string of the molecule is CC(C)N(CCO)CC(=O)O. The van der Waals surface area contributed by atoms with Crippen molar-refractivity contribution in [2.45, 2.75) is 19.9 Å². The average molecular weight is 161 g/mol. The summed E-state index contributed by atoms with van der Waals surface area (Å²) in [6.45, 7) is 4.23. The van der Waals surface area contributed by atoms with Gasteiger partial charge in [0.2, 0.25) is 0 Å². The first-order valence-corrected chi connectivity index (χ1v) is 3.64. The van der Waals surface area contributed by atoms with Crippen LogP contribution in [-0.2, 0) is 4.79 Å². The minimum Gasteiger partial charge on any atom is -0.480 e. The van der Waals surface area contributed by atoms with E-state index in [9.17, 15) is 4.79 Å². The first-order chi connectivity index (χ1) is 5.07. The van der Waals surface area contributed by atoms with Gasteiger partial charge in [-0.3, -0.25) is 9.69 Å². The predicted molar refractivity (Wildman–Crippen MR) is 41.4 cm³/mol. The molecule has 11 heavy (non-hydrogen) atoms. The molecule has 0 atom stereocenters. The zero-order valence-corrected chi connectivity index (χ0v) is 6.95. The lowest BCUT2D eigenvalue weighted by Crippen LogP contribution is -2.37. The fraction of sp³-hybridized carbons (Fsp3) is 0.857. The van der Waals surface area contributed by atoms with Crippen LogP contribution in [0.25, 0.3) is 0 Å². The minimum absolute atomic E-state index is 0.00176. The highest BCUT2D eigenvalue weighted by Crippen LogP contribution is 1.95. The Morgan fingerprint density at radius 3 is 2.36 bits per heavy atom. The quantitative estimate of drug-likeness (QED) is 0.585. The highest BCUT2D eigenvalue weighted by atomic mass is 16.4. The Balaban J connectivity index is 3.79. The van der Waals surface area contributed by atoms with Gasteiger partial charge in [0, 0.05) is 12.6 Å². The van der Waals surface area contributed by atoms with E-state index in [0.29, 0.717) is 6.54 Å². The van der Waals surface area contributed by atoms with Crippen molar-refractivity contribution in [2.24, 2.45) is 0 Å². The summed E-state index contributed by atoms with van der Waals surface area (Å²) in [6.07, 6.45) is 0. The van der Waals surface area contributed by atoms with Crippen molar-refractivity contribution in [3.63, 3.8) is 0 Å². The number of nitrogens with zero attached hydrogens (tertiary/aromatic N) is 1. The Hall–Kier alpha value is -0.610. The van der Waals surface area contributed by atoms with Gasteiger partial charge in [-0.2, -0.15) is 0 Å². The molecule has 66 valence electrons. The number of aliphatic hydroxyl groups excluding tert-OH is 1. The van der Waals surface area contributed by atoms with Gasteiger partial charge in [0.25, 0.3) is 0 Å². The molecule has 0 aliphatic heterocycles. The van der Waals surface area contributed by atoms with E-state index < -0.39 is 5.97 Å². The standard InChI is InChI=1S/C7H15NO3/c1-6(2)8(3-4-9)5-7(10)11/h6,9H,3-5H2,1-2H3,(H,10,11). The van der Waals surface area contributed by atoms with Gasteiger partial charge in [-0.25, -0.2) is 0 Å². The van der Waals surface area contributed by atoms with Gasteiger partial charge in [0.1, 0.15) is 0 Å². The van der Waals surface area contributed by atoms with Crippen LogP contribution in [0.5, 0.6) is 0 Å². The van der Waals surface area contributed by atoms with E-state index in [4.69, 9.17) is 10.2 Å². The Bertz CT molecular complexity index is 125. The normalized spacial score (nSPS) is 11.0. The van der Waals surface area contributed by atoms with Gasteiger partial charge < -0.3 is 10.2 Å². The van der Waals surface area contributed by atoms with Crippen molar-refractivity contribution in [1.82, 2.24) is 4.90 Å². The summed E-state index contributed by atoms with van der Waals surface area (Å²) in [7, 11) is 0. The van der Waals surface area contributed by atoms with E-state index in [1.165, 1.54) is 0 Å². The molecule has 0 radical (unpaired) electrons. The minimum atomic E-state index is -0.854. The van der Waals surface area contributed by atoms with Crippen LogP contribution in [0.15, 0.2) is 0 Å². The second kappa shape index (κ2) is 5.09. The fourth-order valence-electron chi connectivity index (χ4n) is 0.822. The lowest BCUT2D eigenvalue weighted by Gasteiger charge is -2.22. The fourth-order valence-corrected chi connectivity index (χ4v) is 0.822. The molecule has 0 aliphatic carbocycles. The van der Waals surface area contributed by atoms with E-state index in [2.05, 4.69) is 0 Å². The van der Waals surface area contributed by atoms with Crippen LogP contribution < -0.4 is 0 Å². The molecule has 0 amide bonds. The molecular formula is C7H15NO3. The summed E-state index contributed by atoms with van der Waals surface area (Å²) < 4.78 is 0. The Labute approximate surface area is 66.4 Å². The molecule has 0 saturated heterocycles. The van der Waals surface area contributed by atoms with Crippen LogP contribution in [-0.4, -0.2) is 46.8 Å². The second-order valence-corrected chi connectivity index (χ2v) is 2.68. The smallest absolute Gasteiger partial charge is 0.317 e. The Morgan fingerprint density at radius 2 is 2.09 bits per heavy atom. The van der Waals surface area contributed by atoms with Crippen molar-refractivity contribution in [3.8, 4) is 0 Å². The lowest BCUT2D eigenvalue weighted by atomic mass is 10.3. The van der Waals surface area contributed by atoms with E-state index in [-0.39, 0.29) is 19.2 Å². The molecule has 0 rings (SSSR count). The molecule has 4 nitrogen and oxygen atoms in total. The van der Waals surface area contributed by atoms with Crippen LogP contribution in [0.4, 0.5) is 0 Å². The third-order valence-corrected chi connectivity index (χ3v) is 1.46. The number of hydrogen-bond donors (Lipinski definition) is 2. The maximum atomic E-state index is 10.3. The number of carboxylic acids is 1. The van der Waals surface area contributed by atoms with E-state index in [1.54, 1.807) is 4.90 Å². The first-order valence-electron chi connectivity index (χ1n) is 3.64. The molecule has 4 heteroatoms. The van der Waals surface area contributed by atoms with Gasteiger partial charge in [-0.05, 0) is 13.8 Å². The van der Waals surface area contributed by atoms with Gasteiger partial charge >= 0.3 is 5.97 Å². The van der Waals surface area contributed by atoms with E-state index >= 15 is 0 Å². The molecule has 2 N–H and O–H groups in total. The molecule has 0 aromatic rings. The first kappa shape index (κ1) is 10.4. The van der Waals surface area contributed by atoms with Crippen molar-refractivity contribution in [3.05, 3.63) is 0 Å². The number of aliphatic carboxylic acids is 1. The van der Waals surface area contributed by atoms with Crippen LogP contribution >= 0.6 is 0 Å². The average Bonchev–Trinajstić information content (AvgIpc) is 1.86. The molecule has 0 bridgehead atoms. The molecule has 0 heterocycles. The van der Waals surface area contributed by atoms with E-state index in [1.807, 2.05) is 13.8 Å². The molecule has 0 saturated carbocycles. The van der Waals surface area contributed by atoms with Crippen LogP contribution in [0.1, 0.15) is 13.8 Å². The summed E-state index contributed by atoms with van der Waals surface area (Å²) >= 11 is 0. The van der Waals surface area contributed by atoms with Gasteiger partial charge in [0.15, 0.2) is 0 Å². The largest absolute Gasteiger partial charge is 0.480 e. The molecule has 0 fully saturated rings. The zero-order valence-electron chi connectivity index (χ0n) is 6.95. The zero-order chi connectivity index (χ0) is 8.85. The number of carboxylic acid groups (broad SMARTS) is 1. The monoisotopic (exact) mass is 161 g/mol. The number of hydrogen-bond acceptors (Lipinski definition) is 3. The predicted octanol–water partition coefficient (Wildman–Crippen LogP) is -0.226. The third kappa shape index (κ3) is 4.75. The van der Waals surface area contributed by atoms with Gasteiger partial charge in [0.05, 0.1) is 13.2 Å². The summed E-state index contributed by atoms with van der Waals surface area (Å²) in [4.78, 5) is 12.0. The van der Waals surface area contributed by atoms with Crippen LogP contribution in [0, 0.1) is 0 Å². The van der Waals surface area contributed by atoms with Gasteiger partial charge in [-0.1, -0.05) is 0 Å².